The molecule has 0 aromatic heterocycles. The van der Waals surface area contributed by atoms with Crippen LogP contribution in [0.25, 0.3) is 0 Å². The van der Waals surface area contributed by atoms with Crippen LogP contribution in [-0.2, 0) is 11.2 Å². The summed E-state index contributed by atoms with van der Waals surface area (Å²) in [6.07, 6.45) is 2.08. The molecule has 0 aliphatic heterocycles. The molecular formula is C18H19NO4. The van der Waals surface area contributed by atoms with Gasteiger partial charge in [-0.2, -0.15) is 0 Å². The second kappa shape index (κ2) is 7.98. The number of methoxy groups -OCH3 is 2. The van der Waals surface area contributed by atoms with E-state index in [9.17, 15) is 9.59 Å². The normalized spacial score (nSPS) is 10.0. The monoisotopic (exact) mass is 313 g/mol. The Kier molecular flexibility index (Phi) is 5.74. The Labute approximate surface area is 135 Å². The first-order valence-electron chi connectivity index (χ1n) is 7.24. The molecule has 2 aromatic rings. The molecule has 0 aliphatic carbocycles. The highest BCUT2D eigenvalue weighted by molar-refractivity contribution is 6.06. The standard InChI is InChI=1S/C18H19NO4/c1-22-16-7-3-6-15(17(16)23-2)18(21)19-14-10-8-13(9-11-14)5-4-12-20/h3,6-12H,4-5H2,1-2H3,(H,19,21). The number of benzene rings is 2. The number of carbonyl (C=O) groups excluding carboxylic acids is 2. The highest BCUT2D eigenvalue weighted by Crippen LogP contribution is 2.31. The molecule has 2 rings (SSSR count). The number of para-hydroxylation sites is 1. The van der Waals surface area contributed by atoms with Crippen molar-refractivity contribution in [3.05, 3.63) is 53.6 Å². The highest BCUT2D eigenvalue weighted by atomic mass is 16.5. The lowest BCUT2D eigenvalue weighted by Gasteiger charge is -2.12. The van der Waals surface area contributed by atoms with Gasteiger partial charge in [-0.3, -0.25) is 4.79 Å². The van der Waals surface area contributed by atoms with E-state index in [4.69, 9.17) is 9.47 Å². The molecule has 0 unspecified atom stereocenters. The zero-order chi connectivity index (χ0) is 16.7. The molecular weight excluding hydrogens is 294 g/mol. The van der Waals surface area contributed by atoms with E-state index >= 15 is 0 Å². The maximum atomic E-state index is 12.4. The van der Waals surface area contributed by atoms with E-state index in [2.05, 4.69) is 5.32 Å². The predicted octanol–water partition coefficient (Wildman–Crippen LogP) is 3.09. The number of rotatable bonds is 7. The van der Waals surface area contributed by atoms with Crippen molar-refractivity contribution in [2.45, 2.75) is 12.8 Å². The molecule has 5 nitrogen and oxygen atoms in total. The van der Waals surface area contributed by atoms with E-state index in [-0.39, 0.29) is 5.91 Å². The van der Waals surface area contributed by atoms with Crippen molar-refractivity contribution in [1.29, 1.82) is 0 Å². The van der Waals surface area contributed by atoms with Gasteiger partial charge in [-0.25, -0.2) is 0 Å². The van der Waals surface area contributed by atoms with Gasteiger partial charge in [0.1, 0.15) is 6.29 Å². The first kappa shape index (κ1) is 16.5. The Morgan fingerprint density at radius 1 is 1.09 bits per heavy atom. The first-order chi connectivity index (χ1) is 11.2. The number of hydrogen-bond donors (Lipinski definition) is 1. The number of ether oxygens (including phenoxy) is 2. The second-order valence-electron chi connectivity index (χ2n) is 4.90. The molecule has 1 amide bonds. The zero-order valence-electron chi connectivity index (χ0n) is 13.2. The number of hydrogen-bond acceptors (Lipinski definition) is 4. The largest absolute Gasteiger partial charge is 0.493 e. The van der Waals surface area contributed by atoms with Crippen molar-refractivity contribution in [2.75, 3.05) is 19.5 Å². The molecule has 0 saturated carbocycles. The van der Waals surface area contributed by atoms with Crippen LogP contribution in [0.3, 0.4) is 0 Å². The van der Waals surface area contributed by atoms with Crippen LogP contribution < -0.4 is 14.8 Å². The van der Waals surface area contributed by atoms with Crippen molar-refractivity contribution in [2.24, 2.45) is 0 Å². The fourth-order valence-electron chi connectivity index (χ4n) is 2.24. The van der Waals surface area contributed by atoms with Gasteiger partial charge in [0.15, 0.2) is 11.5 Å². The maximum absolute atomic E-state index is 12.4. The molecule has 0 atom stereocenters. The maximum Gasteiger partial charge on any atom is 0.259 e. The van der Waals surface area contributed by atoms with Crippen LogP contribution >= 0.6 is 0 Å². The van der Waals surface area contributed by atoms with Crippen LogP contribution in [0.4, 0.5) is 5.69 Å². The van der Waals surface area contributed by atoms with Gasteiger partial charge < -0.3 is 19.6 Å². The fourth-order valence-corrected chi connectivity index (χ4v) is 2.24. The van der Waals surface area contributed by atoms with E-state index in [1.54, 1.807) is 18.2 Å². The van der Waals surface area contributed by atoms with Crippen molar-refractivity contribution in [3.63, 3.8) is 0 Å². The van der Waals surface area contributed by atoms with Gasteiger partial charge in [0.25, 0.3) is 5.91 Å². The summed E-state index contributed by atoms with van der Waals surface area (Å²) in [7, 11) is 3.02. The molecule has 23 heavy (non-hydrogen) atoms. The number of anilines is 1. The van der Waals surface area contributed by atoms with Crippen LogP contribution in [-0.4, -0.2) is 26.4 Å². The third-order valence-electron chi connectivity index (χ3n) is 3.41. The molecule has 0 saturated heterocycles. The summed E-state index contributed by atoms with van der Waals surface area (Å²) in [5, 5.41) is 2.82. The molecule has 0 heterocycles. The summed E-state index contributed by atoms with van der Waals surface area (Å²) in [5.41, 5.74) is 2.13. The van der Waals surface area contributed by atoms with Crippen molar-refractivity contribution in [1.82, 2.24) is 0 Å². The average molecular weight is 313 g/mol. The Hall–Kier alpha value is -2.82. The molecule has 5 heteroatoms. The van der Waals surface area contributed by atoms with Gasteiger partial charge in [-0.05, 0) is 36.2 Å². The lowest BCUT2D eigenvalue weighted by Crippen LogP contribution is -2.13. The molecule has 0 aliphatic rings. The minimum atomic E-state index is -0.276. The van der Waals surface area contributed by atoms with Gasteiger partial charge >= 0.3 is 0 Å². The van der Waals surface area contributed by atoms with Crippen molar-refractivity contribution >= 4 is 17.9 Å². The molecule has 120 valence electrons. The van der Waals surface area contributed by atoms with E-state index in [0.29, 0.717) is 35.6 Å². The Balaban J connectivity index is 2.14. The summed E-state index contributed by atoms with van der Waals surface area (Å²) in [6.45, 7) is 0. The lowest BCUT2D eigenvalue weighted by atomic mass is 10.1. The van der Waals surface area contributed by atoms with Gasteiger partial charge in [-0.15, -0.1) is 0 Å². The van der Waals surface area contributed by atoms with Gasteiger partial charge in [-0.1, -0.05) is 18.2 Å². The van der Waals surface area contributed by atoms with Crippen LogP contribution in [0.15, 0.2) is 42.5 Å². The van der Waals surface area contributed by atoms with Gasteiger partial charge in [0.2, 0.25) is 0 Å². The highest BCUT2D eigenvalue weighted by Gasteiger charge is 2.16. The Bertz CT molecular complexity index is 680. The van der Waals surface area contributed by atoms with Gasteiger partial charge in [0.05, 0.1) is 19.8 Å². The van der Waals surface area contributed by atoms with Crippen LogP contribution in [0.5, 0.6) is 11.5 Å². The van der Waals surface area contributed by atoms with Crippen LogP contribution in [0, 0.1) is 0 Å². The SMILES string of the molecule is COc1cccc(C(=O)Nc2ccc(CCC=O)cc2)c1OC. The second-order valence-corrected chi connectivity index (χ2v) is 4.90. The number of nitrogens with one attached hydrogen (secondary N) is 1. The quantitative estimate of drug-likeness (QED) is 0.798. The molecule has 0 radical (unpaired) electrons. The summed E-state index contributed by atoms with van der Waals surface area (Å²) in [4.78, 5) is 22.8. The summed E-state index contributed by atoms with van der Waals surface area (Å²) >= 11 is 0. The van der Waals surface area contributed by atoms with E-state index in [1.807, 2.05) is 24.3 Å². The van der Waals surface area contributed by atoms with Crippen molar-refractivity contribution in [3.8, 4) is 11.5 Å². The number of carbonyl (C=O) groups is 2. The topological polar surface area (TPSA) is 64.6 Å². The summed E-state index contributed by atoms with van der Waals surface area (Å²) < 4.78 is 10.5. The number of aryl methyl sites for hydroxylation is 1. The molecule has 1 N–H and O–H groups in total. The minimum Gasteiger partial charge on any atom is -0.493 e. The van der Waals surface area contributed by atoms with Crippen molar-refractivity contribution < 1.29 is 19.1 Å². The number of aldehydes is 1. The fraction of sp³-hybridized carbons (Fsp3) is 0.222. The first-order valence-corrected chi connectivity index (χ1v) is 7.24. The predicted molar refractivity (Wildman–Crippen MR) is 88.3 cm³/mol. The van der Waals surface area contributed by atoms with Crippen LogP contribution in [0.1, 0.15) is 22.3 Å². The number of amides is 1. The molecule has 0 fully saturated rings. The summed E-state index contributed by atoms with van der Waals surface area (Å²) in [5.74, 6) is 0.626. The Morgan fingerprint density at radius 2 is 1.83 bits per heavy atom. The van der Waals surface area contributed by atoms with E-state index < -0.39 is 0 Å². The van der Waals surface area contributed by atoms with Gasteiger partial charge in [0, 0.05) is 12.1 Å². The Morgan fingerprint density at radius 3 is 2.43 bits per heavy atom. The molecule has 2 aromatic carbocycles. The third-order valence-corrected chi connectivity index (χ3v) is 3.41. The zero-order valence-corrected chi connectivity index (χ0v) is 13.2. The molecule has 0 bridgehead atoms. The third kappa shape index (κ3) is 4.10. The smallest absolute Gasteiger partial charge is 0.259 e. The van der Waals surface area contributed by atoms with Crippen LogP contribution in [0.2, 0.25) is 0 Å². The molecule has 0 spiro atoms. The summed E-state index contributed by atoms with van der Waals surface area (Å²) in [6, 6.07) is 12.5. The van der Waals surface area contributed by atoms with E-state index in [0.717, 1.165) is 11.8 Å². The minimum absolute atomic E-state index is 0.276. The van der Waals surface area contributed by atoms with E-state index in [1.165, 1.54) is 14.2 Å². The average Bonchev–Trinajstić information content (AvgIpc) is 2.60. The lowest BCUT2D eigenvalue weighted by molar-refractivity contribution is -0.107.